The Balaban J connectivity index is 1.71. The quantitative estimate of drug-likeness (QED) is 0.907. The normalized spacial score (nSPS) is 16.3. The van der Waals surface area contributed by atoms with Crippen molar-refractivity contribution in [3.05, 3.63) is 24.5 Å². The highest BCUT2D eigenvalue weighted by Gasteiger charge is 2.20. The van der Waals surface area contributed by atoms with Gasteiger partial charge in [0.2, 0.25) is 0 Å². The van der Waals surface area contributed by atoms with Crippen molar-refractivity contribution in [2.75, 3.05) is 37.4 Å². The average Bonchev–Trinajstić information content (AvgIpc) is 3.02. The van der Waals surface area contributed by atoms with E-state index in [1.807, 2.05) is 12.1 Å². The summed E-state index contributed by atoms with van der Waals surface area (Å²) in [4.78, 5) is 6.78. The van der Waals surface area contributed by atoms with E-state index in [0.717, 1.165) is 44.0 Å². The first-order chi connectivity index (χ1) is 10.3. The van der Waals surface area contributed by atoms with Crippen LogP contribution in [0.5, 0.6) is 0 Å². The lowest BCUT2D eigenvalue weighted by molar-refractivity contribution is 0.139. The van der Waals surface area contributed by atoms with Crippen molar-refractivity contribution >= 4 is 11.6 Å². The topological polar surface area (TPSA) is 82.1 Å². The van der Waals surface area contributed by atoms with Gasteiger partial charge in [-0.2, -0.15) is 0 Å². The molecule has 0 aliphatic carbocycles. The van der Waals surface area contributed by atoms with Crippen LogP contribution in [0, 0.1) is 5.92 Å². The van der Waals surface area contributed by atoms with Crippen LogP contribution in [0.25, 0.3) is 5.69 Å². The standard InChI is InChI=1S/C14H20N6O/c1-21-10-11-4-7-19(8-5-11)13-3-2-12(14(15)17-13)20-9-6-16-18-20/h2-3,6,9,11H,4-5,7-8,10H2,1H3,(H2,15,17). The number of pyridine rings is 1. The summed E-state index contributed by atoms with van der Waals surface area (Å²) in [7, 11) is 1.76. The first-order valence-corrected chi connectivity index (χ1v) is 7.15. The molecule has 112 valence electrons. The molecule has 0 atom stereocenters. The van der Waals surface area contributed by atoms with Gasteiger partial charge in [0.25, 0.3) is 0 Å². The molecule has 2 aromatic heterocycles. The number of ether oxygens (including phenoxy) is 1. The zero-order chi connectivity index (χ0) is 14.7. The van der Waals surface area contributed by atoms with Gasteiger partial charge in [-0.15, -0.1) is 5.10 Å². The first kappa shape index (κ1) is 13.8. The summed E-state index contributed by atoms with van der Waals surface area (Å²) in [6.07, 6.45) is 5.62. The molecule has 2 aromatic rings. The first-order valence-electron chi connectivity index (χ1n) is 7.15. The van der Waals surface area contributed by atoms with Crippen LogP contribution in [0.3, 0.4) is 0 Å². The largest absolute Gasteiger partial charge is 0.384 e. The Morgan fingerprint density at radius 1 is 1.33 bits per heavy atom. The number of rotatable bonds is 4. The van der Waals surface area contributed by atoms with Crippen LogP contribution in [0.4, 0.5) is 11.6 Å². The maximum absolute atomic E-state index is 6.05. The van der Waals surface area contributed by atoms with E-state index in [0.29, 0.717) is 11.7 Å². The number of nitrogen functional groups attached to an aromatic ring is 1. The lowest BCUT2D eigenvalue weighted by Crippen LogP contribution is -2.35. The monoisotopic (exact) mass is 288 g/mol. The summed E-state index contributed by atoms with van der Waals surface area (Å²) in [6, 6.07) is 3.93. The highest BCUT2D eigenvalue weighted by Crippen LogP contribution is 2.24. The third-order valence-corrected chi connectivity index (χ3v) is 3.90. The van der Waals surface area contributed by atoms with Gasteiger partial charge in [-0.25, -0.2) is 9.67 Å². The van der Waals surface area contributed by atoms with Crippen LogP contribution < -0.4 is 10.6 Å². The van der Waals surface area contributed by atoms with Crippen molar-refractivity contribution in [2.45, 2.75) is 12.8 Å². The fourth-order valence-electron chi connectivity index (χ4n) is 2.73. The number of hydrogen-bond acceptors (Lipinski definition) is 6. The molecule has 0 saturated carbocycles. The van der Waals surface area contributed by atoms with Gasteiger partial charge in [0.05, 0.1) is 12.4 Å². The van der Waals surface area contributed by atoms with Gasteiger partial charge >= 0.3 is 0 Å². The third kappa shape index (κ3) is 2.97. The second-order valence-electron chi connectivity index (χ2n) is 5.31. The second kappa shape index (κ2) is 6.09. The van der Waals surface area contributed by atoms with E-state index < -0.39 is 0 Å². The Hall–Kier alpha value is -2.15. The average molecular weight is 288 g/mol. The summed E-state index contributed by atoms with van der Waals surface area (Å²) in [6.45, 7) is 2.82. The molecular weight excluding hydrogens is 268 g/mol. The Morgan fingerprint density at radius 2 is 2.14 bits per heavy atom. The summed E-state index contributed by atoms with van der Waals surface area (Å²) in [5.74, 6) is 2.04. The number of hydrogen-bond donors (Lipinski definition) is 1. The molecule has 7 heteroatoms. The molecule has 2 N–H and O–H groups in total. The van der Waals surface area contributed by atoms with Gasteiger partial charge in [0, 0.05) is 26.8 Å². The van der Waals surface area contributed by atoms with Crippen molar-refractivity contribution in [3.63, 3.8) is 0 Å². The van der Waals surface area contributed by atoms with Gasteiger partial charge in [-0.05, 0) is 30.9 Å². The number of piperidine rings is 1. The fraction of sp³-hybridized carbons (Fsp3) is 0.500. The zero-order valence-corrected chi connectivity index (χ0v) is 12.1. The minimum Gasteiger partial charge on any atom is -0.384 e. The minimum absolute atomic E-state index is 0.469. The maximum Gasteiger partial charge on any atom is 0.151 e. The molecule has 21 heavy (non-hydrogen) atoms. The Labute approximate surface area is 123 Å². The molecule has 0 radical (unpaired) electrons. The Morgan fingerprint density at radius 3 is 2.76 bits per heavy atom. The number of anilines is 2. The molecule has 0 bridgehead atoms. The van der Waals surface area contributed by atoms with Crippen molar-refractivity contribution in [1.82, 2.24) is 20.0 Å². The minimum atomic E-state index is 0.469. The summed E-state index contributed by atoms with van der Waals surface area (Å²) in [5.41, 5.74) is 6.80. The van der Waals surface area contributed by atoms with Gasteiger partial charge in [0.1, 0.15) is 11.5 Å². The van der Waals surface area contributed by atoms with Crippen LogP contribution >= 0.6 is 0 Å². The molecule has 7 nitrogen and oxygen atoms in total. The van der Waals surface area contributed by atoms with Crippen molar-refractivity contribution in [2.24, 2.45) is 5.92 Å². The molecule has 1 fully saturated rings. The van der Waals surface area contributed by atoms with Gasteiger partial charge in [-0.1, -0.05) is 5.21 Å². The molecular formula is C14H20N6O. The number of nitrogens with two attached hydrogens (primary N) is 1. The van der Waals surface area contributed by atoms with Gasteiger partial charge < -0.3 is 15.4 Å². The third-order valence-electron chi connectivity index (χ3n) is 3.90. The van der Waals surface area contributed by atoms with E-state index in [4.69, 9.17) is 10.5 Å². The lowest BCUT2D eigenvalue weighted by atomic mass is 9.98. The molecule has 0 amide bonds. The van der Waals surface area contributed by atoms with Crippen LogP contribution in [-0.2, 0) is 4.74 Å². The molecule has 1 aliphatic heterocycles. The molecule has 1 saturated heterocycles. The highest BCUT2D eigenvalue weighted by molar-refractivity contribution is 5.57. The van der Waals surface area contributed by atoms with E-state index in [1.165, 1.54) is 0 Å². The second-order valence-corrected chi connectivity index (χ2v) is 5.31. The van der Waals surface area contributed by atoms with Gasteiger partial charge in [0.15, 0.2) is 5.82 Å². The number of methoxy groups -OCH3 is 1. The molecule has 0 spiro atoms. The van der Waals surface area contributed by atoms with E-state index in [9.17, 15) is 0 Å². The van der Waals surface area contributed by atoms with E-state index >= 15 is 0 Å². The van der Waals surface area contributed by atoms with Crippen molar-refractivity contribution < 1.29 is 4.74 Å². The van der Waals surface area contributed by atoms with Gasteiger partial charge in [-0.3, -0.25) is 0 Å². The Kier molecular flexibility index (Phi) is 4.01. The SMILES string of the molecule is COCC1CCN(c2ccc(-n3ccnn3)c(N)n2)CC1. The van der Waals surface area contributed by atoms with Crippen LogP contribution in [0.15, 0.2) is 24.5 Å². The lowest BCUT2D eigenvalue weighted by Gasteiger charge is -2.32. The fourth-order valence-corrected chi connectivity index (χ4v) is 2.73. The highest BCUT2D eigenvalue weighted by atomic mass is 16.5. The van der Waals surface area contributed by atoms with Crippen molar-refractivity contribution in [3.8, 4) is 5.69 Å². The molecule has 3 rings (SSSR count). The number of aromatic nitrogens is 4. The van der Waals surface area contributed by atoms with Crippen LogP contribution in [0.2, 0.25) is 0 Å². The summed E-state index contributed by atoms with van der Waals surface area (Å²) in [5, 5.41) is 7.72. The predicted molar refractivity (Wildman–Crippen MR) is 80.4 cm³/mol. The predicted octanol–water partition coefficient (Wildman–Crippen LogP) is 1.11. The van der Waals surface area contributed by atoms with E-state index in [1.54, 1.807) is 24.2 Å². The van der Waals surface area contributed by atoms with E-state index in [2.05, 4.69) is 20.2 Å². The molecule has 0 unspecified atom stereocenters. The van der Waals surface area contributed by atoms with Crippen LogP contribution in [-0.4, -0.2) is 46.8 Å². The molecule has 3 heterocycles. The molecule has 0 aromatic carbocycles. The smallest absolute Gasteiger partial charge is 0.151 e. The molecule has 1 aliphatic rings. The maximum atomic E-state index is 6.05. The Bertz CT molecular complexity index is 577. The van der Waals surface area contributed by atoms with E-state index in [-0.39, 0.29) is 0 Å². The zero-order valence-electron chi connectivity index (χ0n) is 12.1. The van der Waals surface area contributed by atoms with Crippen LogP contribution in [0.1, 0.15) is 12.8 Å². The summed E-state index contributed by atoms with van der Waals surface area (Å²) < 4.78 is 6.85. The van der Waals surface area contributed by atoms with Crippen molar-refractivity contribution in [1.29, 1.82) is 0 Å². The number of nitrogens with zero attached hydrogens (tertiary/aromatic N) is 5. The summed E-state index contributed by atoms with van der Waals surface area (Å²) >= 11 is 0.